The van der Waals surface area contributed by atoms with Gasteiger partial charge >= 0.3 is 0 Å². The first-order chi connectivity index (χ1) is 6.86. The van der Waals surface area contributed by atoms with E-state index in [1.807, 2.05) is 12.3 Å². The maximum absolute atomic E-state index is 4.34. The van der Waals surface area contributed by atoms with E-state index in [1.165, 1.54) is 29.5 Å². The lowest BCUT2D eigenvalue weighted by Gasteiger charge is -2.16. The SMILES string of the molecule is BrC1CCCc2[nH]c3ncccc3c21. The van der Waals surface area contributed by atoms with Gasteiger partial charge in [0.25, 0.3) is 0 Å². The minimum atomic E-state index is 0.504. The quantitative estimate of drug-likeness (QED) is 0.715. The summed E-state index contributed by atoms with van der Waals surface area (Å²) in [5.74, 6) is 0. The molecular formula is C11H11BrN2. The van der Waals surface area contributed by atoms with E-state index in [9.17, 15) is 0 Å². The van der Waals surface area contributed by atoms with Crippen molar-refractivity contribution in [3.63, 3.8) is 0 Å². The third-order valence-corrected chi connectivity index (χ3v) is 3.81. The molecule has 2 aromatic rings. The molecule has 0 fully saturated rings. The van der Waals surface area contributed by atoms with Crippen LogP contribution in [0.2, 0.25) is 0 Å². The summed E-state index contributed by atoms with van der Waals surface area (Å²) in [7, 11) is 0. The molecule has 2 aromatic heterocycles. The van der Waals surface area contributed by atoms with Crippen LogP contribution in [0.3, 0.4) is 0 Å². The van der Waals surface area contributed by atoms with Crippen molar-refractivity contribution in [1.29, 1.82) is 0 Å². The standard InChI is InChI=1S/C11H11BrN2/c12-8-4-1-5-9-10(8)7-3-2-6-13-11(7)14-9/h2-3,6,8H,1,4-5H2,(H,13,14). The highest BCUT2D eigenvalue weighted by Gasteiger charge is 2.22. The molecule has 1 aliphatic rings. The van der Waals surface area contributed by atoms with Crippen LogP contribution in [0.15, 0.2) is 18.3 Å². The highest BCUT2D eigenvalue weighted by molar-refractivity contribution is 9.09. The zero-order valence-electron chi connectivity index (χ0n) is 7.76. The lowest BCUT2D eigenvalue weighted by Crippen LogP contribution is -2.02. The molecule has 1 unspecified atom stereocenters. The average molecular weight is 251 g/mol. The lowest BCUT2D eigenvalue weighted by atomic mass is 9.96. The predicted octanol–water partition coefficient (Wildman–Crippen LogP) is 3.34. The second kappa shape index (κ2) is 3.09. The Bertz CT molecular complexity index is 475. The van der Waals surface area contributed by atoms with Crippen LogP contribution in [0.1, 0.15) is 28.9 Å². The van der Waals surface area contributed by atoms with Crippen LogP contribution in [0.5, 0.6) is 0 Å². The van der Waals surface area contributed by atoms with Crippen LogP contribution >= 0.6 is 15.9 Å². The molecule has 14 heavy (non-hydrogen) atoms. The summed E-state index contributed by atoms with van der Waals surface area (Å²) in [5, 5.41) is 1.28. The Hall–Kier alpha value is -0.830. The normalized spacial score (nSPS) is 21.1. The lowest BCUT2D eigenvalue weighted by molar-refractivity contribution is 0.675. The molecule has 0 saturated carbocycles. The zero-order valence-corrected chi connectivity index (χ0v) is 9.34. The third-order valence-electron chi connectivity index (χ3n) is 2.89. The number of H-pyrrole nitrogens is 1. The van der Waals surface area contributed by atoms with Crippen molar-refractivity contribution in [3.05, 3.63) is 29.6 Å². The number of aromatic amines is 1. The molecule has 2 heterocycles. The molecule has 0 amide bonds. The van der Waals surface area contributed by atoms with Crippen molar-refractivity contribution >= 4 is 27.0 Å². The fourth-order valence-electron chi connectivity index (χ4n) is 2.25. The molecule has 2 nitrogen and oxygen atoms in total. The summed E-state index contributed by atoms with van der Waals surface area (Å²) < 4.78 is 0. The molecule has 0 aliphatic heterocycles. The van der Waals surface area contributed by atoms with Gasteiger partial charge in [-0.05, 0) is 37.0 Å². The number of hydrogen-bond acceptors (Lipinski definition) is 1. The second-order valence-electron chi connectivity index (χ2n) is 3.78. The first-order valence-corrected chi connectivity index (χ1v) is 5.87. The minimum Gasteiger partial charge on any atom is -0.343 e. The van der Waals surface area contributed by atoms with Gasteiger partial charge in [-0.2, -0.15) is 0 Å². The van der Waals surface area contributed by atoms with Gasteiger partial charge in [-0.3, -0.25) is 0 Å². The Morgan fingerprint density at radius 2 is 2.43 bits per heavy atom. The largest absolute Gasteiger partial charge is 0.343 e. The minimum absolute atomic E-state index is 0.504. The number of pyridine rings is 1. The van der Waals surface area contributed by atoms with Crippen LogP contribution in [0, 0.1) is 0 Å². The smallest absolute Gasteiger partial charge is 0.137 e. The van der Waals surface area contributed by atoms with Crippen LogP contribution in [0.4, 0.5) is 0 Å². The summed E-state index contributed by atoms with van der Waals surface area (Å²) in [5.41, 5.74) is 3.83. The maximum Gasteiger partial charge on any atom is 0.137 e. The van der Waals surface area contributed by atoms with E-state index in [0.717, 1.165) is 12.1 Å². The molecule has 0 bridgehead atoms. The van der Waals surface area contributed by atoms with Gasteiger partial charge in [0.1, 0.15) is 5.65 Å². The molecule has 3 heteroatoms. The predicted molar refractivity (Wildman–Crippen MR) is 60.7 cm³/mol. The first-order valence-electron chi connectivity index (χ1n) is 4.96. The fraction of sp³-hybridized carbons (Fsp3) is 0.364. The van der Waals surface area contributed by atoms with Crippen molar-refractivity contribution < 1.29 is 0 Å². The average Bonchev–Trinajstić information content (AvgIpc) is 2.57. The summed E-state index contributed by atoms with van der Waals surface area (Å²) in [6.45, 7) is 0. The maximum atomic E-state index is 4.34. The van der Waals surface area contributed by atoms with Crippen LogP contribution in [-0.4, -0.2) is 9.97 Å². The monoisotopic (exact) mass is 250 g/mol. The van der Waals surface area contributed by atoms with Gasteiger partial charge < -0.3 is 4.98 Å². The van der Waals surface area contributed by atoms with E-state index in [0.29, 0.717) is 4.83 Å². The first kappa shape index (κ1) is 8.48. The molecule has 0 aromatic carbocycles. The van der Waals surface area contributed by atoms with E-state index in [2.05, 4.69) is 32.0 Å². The second-order valence-corrected chi connectivity index (χ2v) is 4.88. The highest BCUT2D eigenvalue weighted by atomic mass is 79.9. The van der Waals surface area contributed by atoms with Gasteiger partial charge in [0.05, 0.1) is 0 Å². The topological polar surface area (TPSA) is 28.7 Å². The molecular weight excluding hydrogens is 240 g/mol. The molecule has 0 saturated heterocycles. The van der Waals surface area contributed by atoms with Crippen molar-refractivity contribution in [2.75, 3.05) is 0 Å². The van der Waals surface area contributed by atoms with Crippen LogP contribution in [-0.2, 0) is 6.42 Å². The van der Waals surface area contributed by atoms with Crippen molar-refractivity contribution in [3.8, 4) is 0 Å². The molecule has 1 aliphatic carbocycles. The van der Waals surface area contributed by atoms with Gasteiger partial charge in [-0.1, -0.05) is 15.9 Å². The Balaban J connectivity index is 2.34. The summed E-state index contributed by atoms with van der Waals surface area (Å²) in [4.78, 5) is 8.25. The van der Waals surface area contributed by atoms with E-state index in [4.69, 9.17) is 0 Å². The molecule has 1 N–H and O–H groups in total. The fourth-order valence-corrected chi connectivity index (χ4v) is 3.10. The van der Waals surface area contributed by atoms with Crippen molar-refractivity contribution in [2.24, 2.45) is 0 Å². The molecule has 72 valence electrons. The van der Waals surface area contributed by atoms with Crippen molar-refractivity contribution in [2.45, 2.75) is 24.1 Å². The number of fused-ring (bicyclic) bond motifs is 3. The number of hydrogen-bond donors (Lipinski definition) is 1. The molecule has 3 rings (SSSR count). The Labute approximate surface area is 90.9 Å². The Morgan fingerprint density at radius 1 is 1.50 bits per heavy atom. The van der Waals surface area contributed by atoms with E-state index < -0.39 is 0 Å². The van der Waals surface area contributed by atoms with Gasteiger partial charge in [-0.25, -0.2) is 4.98 Å². The Kier molecular flexibility index (Phi) is 1.87. The number of aryl methyl sites for hydroxylation is 1. The van der Waals surface area contributed by atoms with E-state index in [-0.39, 0.29) is 0 Å². The highest BCUT2D eigenvalue weighted by Crippen LogP contribution is 2.39. The Morgan fingerprint density at radius 3 is 3.36 bits per heavy atom. The summed E-state index contributed by atoms with van der Waals surface area (Å²) >= 11 is 3.74. The number of halogens is 1. The number of nitrogens with one attached hydrogen (secondary N) is 1. The van der Waals surface area contributed by atoms with Crippen molar-refractivity contribution in [1.82, 2.24) is 9.97 Å². The van der Waals surface area contributed by atoms with Crippen LogP contribution < -0.4 is 0 Å². The third kappa shape index (κ3) is 1.12. The number of alkyl halides is 1. The summed E-state index contributed by atoms with van der Waals surface area (Å²) in [6.07, 6.45) is 5.49. The molecule has 0 radical (unpaired) electrons. The van der Waals surface area contributed by atoms with Gasteiger partial charge in [0.15, 0.2) is 0 Å². The van der Waals surface area contributed by atoms with E-state index >= 15 is 0 Å². The van der Waals surface area contributed by atoms with Crippen LogP contribution in [0.25, 0.3) is 11.0 Å². The van der Waals surface area contributed by atoms with Gasteiger partial charge in [0.2, 0.25) is 0 Å². The van der Waals surface area contributed by atoms with Gasteiger partial charge in [-0.15, -0.1) is 0 Å². The van der Waals surface area contributed by atoms with Gasteiger partial charge in [0, 0.05) is 22.1 Å². The zero-order chi connectivity index (χ0) is 9.54. The number of nitrogens with zero attached hydrogens (tertiary/aromatic N) is 1. The molecule has 1 atom stereocenters. The number of aromatic nitrogens is 2. The number of rotatable bonds is 0. The van der Waals surface area contributed by atoms with E-state index in [1.54, 1.807) is 0 Å². The summed E-state index contributed by atoms with van der Waals surface area (Å²) in [6, 6.07) is 4.15. The molecule has 0 spiro atoms.